The first kappa shape index (κ1) is 20.4. The molecular weight excluding hydrogens is 370 g/mol. The van der Waals surface area contributed by atoms with E-state index in [1.54, 1.807) is 27.7 Å². The standard InChI is InChI=1S/C12H23BrClO5P/c1-9(2)18-20(16,19-10(3)4)12(6-5-7-13)17-11(15)8-14/h9-10,12H,5-8H2,1-4H3/t12-/m0/s1. The number of hydrogen-bond donors (Lipinski definition) is 0. The van der Waals surface area contributed by atoms with E-state index >= 15 is 0 Å². The molecule has 20 heavy (non-hydrogen) atoms. The van der Waals surface area contributed by atoms with Gasteiger partial charge in [-0.25, -0.2) is 0 Å². The predicted octanol–water partition coefficient (Wildman–Crippen LogP) is 4.31. The van der Waals surface area contributed by atoms with Gasteiger partial charge in [-0.1, -0.05) is 15.9 Å². The van der Waals surface area contributed by atoms with Crippen LogP contribution in [-0.4, -0.2) is 35.2 Å². The summed E-state index contributed by atoms with van der Waals surface area (Å²) in [6.45, 7) is 7.00. The first-order valence-corrected chi connectivity index (χ1v) is 9.79. The molecule has 0 aromatic heterocycles. The zero-order valence-electron chi connectivity index (χ0n) is 12.3. The van der Waals surface area contributed by atoms with Gasteiger partial charge in [-0.2, -0.15) is 0 Å². The summed E-state index contributed by atoms with van der Waals surface area (Å²) in [6, 6.07) is 0. The summed E-state index contributed by atoms with van der Waals surface area (Å²) in [7, 11) is -3.56. The van der Waals surface area contributed by atoms with Crippen LogP contribution in [0.15, 0.2) is 0 Å². The van der Waals surface area contributed by atoms with Crippen molar-refractivity contribution in [1.29, 1.82) is 0 Å². The summed E-state index contributed by atoms with van der Waals surface area (Å²) in [5, 5.41) is 0.700. The molecule has 0 aromatic carbocycles. The minimum atomic E-state index is -3.56. The Morgan fingerprint density at radius 2 is 1.70 bits per heavy atom. The van der Waals surface area contributed by atoms with Gasteiger partial charge < -0.3 is 13.8 Å². The predicted molar refractivity (Wildman–Crippen MR) is 83.7 cm³/mol. The molecule has 0 N–H and O–H groups in total. The Morgan fingerprint density at radius 3 is 2.05 bits per heavy atom. The number of hydrogen-bond acceptors (Lipinski definition) is 5. The van der Waals surface area contributed by atoms with Crippen molar-refractivity contribution in [3.05, 3.63) is 0 Å². The molecule has 0 aliphatic heterocycles. The summed E-state index contributed by atoms with van der Waals surface area (Å²) in [4.78, 5) is 11.4. The second-order valence-electron chi connectivity index (χ2n) is 4.76. The van der Waals surface area contributed by atoms with Crippen molar-refractivity contribution < 1.29 is 23.1 Å². The Morgan fingerprint density at radius 1 is 1.20 bits per heavy atom. The summed E-state index contributed by atoms with van der Waals surface area (Å²) >= 11 is 8.73. The van der Waals surface area contributed by atoms with Crippen LogP contribution in [0.2, 0.25) is 0 Å². The van der Waals surface area contributed by atoms with E-state index in [9.17, 15) is 9.36 Å². The van der Waals surface area contributed by atoms with Gasteiger partial charge in [-0.05, 0) is 40.5 Å². The quantitative estimate of drug-likeness (QED) is 0.314. The molecule has 0 amide bonds. The fraction of sp³-hybridized carbons (Fsp3) is 0.917. The topological polar surface area (TPSA) is 61.8 Å². The van der Waals surface area contributed by atoms with Gasteiger partial charge >= 0.3 is 13.6 Å². The molecule has 0 aliphatic carbocycles. The van der Waals surface area contributed by atoms with Crippen LogP contribution in [-0.2, 0) is 23.1 Å². The summed E-state index contributed by atoms with van der Waals surface area (Å²) in [6.07, 6.45) is 0.444. The Kier molecular flexibility index (Phi) is 10.4. The van der Waals surface area contributed by atoms with Crippen LogP contribution in [0, 0.1) is 0 Å². The van der Waals surface area contributed by atoms with E-state index in [1.807, 2.05) is 0 Å². The van der Waals surface area contributed by atoms with Gasteiger partial charge in [0.25, 0.3) is 0 Å². The molecule has 0 aliphatic rings. The van der Waals surface area contributed by atoms with Gasteiger partial charge in [0.1, 0.15) is 5.88 Å². The number of carbonyl (C=O) groups is 1. The number of esters is 1. The molecule has 0 aromatic rings. The normalized spacial score (nSPS) is 13.8. The first-order chi connectivity index (χ1) is 9.25. The van der Waals surface area contributed by atoms with Crippen molar-refractivity contribution in [3.8, 4) is 0 Å². The van der Waals surface area contributed by atoms with Crippen molar-refractivity contribution in [3.63, 3.8) is 0 Å². The minimum Gasteiger partial charge on any atom is -0.448 e. The van der Waals surface area contributed by atoms with Crippen molar-refractivity contribution >= 4 is 41.1 Å². The van der Waals surface area contributed by atoms with Gasteiger partial charge in [0, 0.05) is 5.33 Å². The highest BCUT2D eigenvalue weighted by Crippen LogP contribution is 2.57. The minimum absolute atomic E-state index is 0.297. The maximum absolute atomic E-state index is 12.9. The van der Waals surface area contributed by atoms with Gasteiger partial charge in [0.2, 0.25) is 5.85 Å². The van der Waals surface area contributed by atoms with Gasteiger partial charge in [-0.15, -0.1) is 11.6 Å². The highest BCUT2D eigenvalue weighted by atomic mass is 79.9. The molecule has 0 bridgehead atoms. The fourth-order valence-electron chi connectivity index (χ4n) is 1.46. The second-order valence-corrected chi connectivity index (χ2v) is 7.90. The Hall–Kier alpha value is 0.390. The van der Waals surface area contributed by atoms with Crippen LogP contribution in [0.4, 0.5) is 0 Å². The SMILES string of the molecule is CC(C)OP(=O)(OC(C)C)[C@@H](CCCBr)OC(=O)CCl. The van der Waals surface area contributed by atoms with E-state index in [2.05, 4.69) is 15.9 Å². The van der Waals surface area contributed by atoms with E-state index in [1.165, 1.54) is 0 Å². The molecule has 0 saturated heterocycles. The third-order valence-corrected chi connectivity index (χ3v) is 5.31. The Balaban J connectivity index is 5.14. The number of rotatable bonds is 10. The fourth-order valence-corrected chi connectivity index (χ4v) is 4.09. The molecule has 5 nitrogen and oxygen atoms in total. The van der Waals surface area contributed by atoms with Crippen LogP contribution in [0.1, 0.15) is 40.5 Å². The molecule has 0 radical (unpaired) electrons. The molecule has 0 fully saturated rings. The molecule has 0 unspecified atom stereocenters. The van der Waals surface area contributed by atoms with E-state index in [4.69, 9.17) is 25.4 Å². The molecule has 0 saturated carbocycles. The zero-order valence-corrected chi connectivity index (χ0v) is 15.5. The van der Waals surface area contributed by atoms with E-state index in [-0.39, 0.29) is 18.1 Å². The maximum Gasteiger partial charge on any atom is 0.371 e. The van der Waals surface area contributed by atoms with E-state index < -0.39 is 19.4 Å². The summed E-state index contributed by atoms with van der Waals surface area (Å²) in [5.41, 5.74) is 0. The van der Waals surface area contributed by atoms with Crippen molar-refractivity contribution in [2.75, 3.05) is 11.2 Å². The monoisotopic (exact) mass is 392 g/mol. The van der Waals surface area contributed by atoms with Crippen molar-refractivity contribution in [2.45, 2.75) is 58.6 Å². The lowest BCUT2D eigenvalue weighted by atomic mass is 10.3. The highest BCUT2D eigenvalue weighted by Gasteiger charge is 2.40. The smallest absolute Gasteiger partial charge is 0.371 e. The Labute approximate surface area is 134 Å². The number of alkyl halides is 2. The molecular formula is C12H23BrClO5P. The first-order valence-electron chi connectivity index (χ1n) is 6.53. The van der Waals surface area contributed by atoms with Crippen LogP contribution >= 0.6 is 35.1 Å². The number of carbonyl (C=O) groups excluding carboxylic acids is 1. The molecule has 0 spiro atoms. The van der Waals surface area contributed by atoms with Crippen LogP contribution in [0.3, 0.4) is 0 Å². The average Bonchev–Trinajstić information content (AvgIpc) is 2.31. The van der Waals surface area contributed by atoms with E-state index in [0.717, 1.165) is 0 Å². The summed E-state index contributed by atoms with van der Waals surface area (Å²) < 4.78 is 29.0. The molecule has 0 rings (SSSR count). The van der Waals surface area contributed by atoms with E-state index in [0.29, 0.717) is 18.2 Å². The molecule has 120 valence electrons. The van der Waals surface area contributed by atoms with Crippen molar-refractivity contribution in [2.24, 2.45) is 0 Å². The number of ether oxygens (including phenoxy) is 1. The van der Waals surface area contributed by atoms with Gasteiger partial charge in [0.15, 0.2) is 0 Å². The largest absolute Gasteiger partial charge is 0.448 e. The zero-order chi connectivity index (χ0) is 15.8. The maximum atomic E-state index is 12.9. The average molecular weight is 394 g/mol. The lowest BCUT2D eigenvalue weighted by Gasteiger charge is -2.29. The van der Waals surface area contributed by atoms with Crippen LogP contribution < -0.4 is 0 Å². The van der Waals surface area contributed by atoms with Gasteiger partial charge in [0.05, 0.1) is 12.2 Å². The highest BCUT2D eigenvalue weighted by molar-refractivity contribution is 9.09. The lowest BCUT2D eigenvalue weighted by Crippen LogP contribution is -2.24. The number of halogens is 2. The summed E-state index contributed by atoms with van der Waals surface area (Å²) in [5.74, 6) is -1.86. The lowest BCUT2D eigenvalue weighted by molar-refractivity contribution is -0.143. The van der Waals surface area contributed by atoms with Gasteiger partial charge in [-0.3, -0.25) is 9.36 Å². The molecule has 0 heterocycles. The van der Waals surface area contributed by atoms with Crippen molar-refractivity contribution in [1.82, 2.24) is 0 Å². The molecule has 8 heteroatoms. The third-order valence-electron chi connectivity index (χ3n) is 2.03. The van der Waals surface area contributed by atoms with Crippen LogP contribution in [0.5, 0.6) is 0 Å². The second kappa shape index (κ2) is 10.2. The van der Waals surface area contributed by atoms with Crippen LogP contribution in [0.25, 0.3) is 0 Å². The third kappa shape index (κ3) is 7.99. The molecule has 1 atom stereocenters. The Bertz CT molecular complexity index is 324.